The van der Waals surface area contributed by atoms with Crippen LogP contribution in [-0.2, 0) is 14.3 Å². The molecule has 228 valence electrons. The van der Waals surface area contributed by atoms with Gasteiger partial charge in [0.05, 0.1) is 4.48 Å². The molecule has 41 heavy (non-hydrogen) atoms. The van der Waals surface area contributed by atoms with Crippen LogP contribution in [0.15, 0.2) is 22.2 Å². The molecule has 5 aliphatic rings. The van der Waals surface area contributed by atoms with Crippen molar-refractivity contribution < 1.29 is 19.1 Å². The van der Waals surface area contributed by atoms with Crippen LogP contribution in [-0.4, -0.2) is 29.8 Å². The summed E-state index contributed by atoms with van der Waals surface area (Å²) < 4.78 is 6.26. The van der Waals surface area contributed by atoms with E-state index in [0.29, 0.717) is 11.0 Å². The highest BCUT2D eigenvalue weighted by Gasteiger charge is 2.69. The minimum atomic E-state index is -0.549. The number of carbonyl (C=O) groups is 3. The molecule has 2 unspecified atom stereocenters. The lowest BCUT2D eigenvalue weighted by atomic mass is 9.34. The summed E-state index contributed by atoms with van der Waals surface area (Å²) in [7, 11) is 0. The van der Waals surface area contributed by atoms with Crippen LogP contribution in [0.2, 0.25) is 0 Å². The summed E-state index contributed by atoms with van der Waals surface area (Å²) in [6.07, 6.45) is 10.8. The Labute approximate surface area is 256 Å². The quantitative estimate of drug-likeness (QED) is 0.332. The summed E-state index contributed by atoms with van der Waals surface area (Å²) in [4.78, 5) is 40.6. The molecule has 0 aromatic rings. The van der Waals surface area contributed by atoms with Crippen LogP contribution in [0.1, 0.15) is 114 Å². The average Bonchev–Trinajstić information content (AvgIpc) is 2.82. The molecule has 1 N–H and O–H groups in total. The number of amides is 1. The largest absolute Gasteiger partial charge is 0.444 e. The van der Waals surface area contributed by atoms with Crippen molar-refractivity contribution in [2.45, 2.75) is 120 Å². The molecule has 5 nitrogen and oxygen atoms in total. The maximum absolute atomic E-state index is 14.6. The fourth-order valence-corrected chi connectivity index (χ4v) is 11.4. The number of hydrogen-bond acceptors (Lipinski definition) is 4. The van der Waals surface area contributed by atoms with E-state index in [0.717, 1.165) is 44.9 Å². The maximum atomic E-state index is 14.6. The van der Waals surface area contributed by atoms with Crippen LogP contribution in [0.25, 0.3) is 0 Å². The van der Waals surface area contributed by atoms with Gasteiger partial charge in [0, 0.05) is 23.3 Å². The normalized spacial score (nSPS) is 43.0. The van der Waals surface area contributed by atoms with Gasteiger partial charge < -0.3 is 10.1 Å². The monoisotopic (exact) mass is 629 g/mol. The van der Waals surface area contributed by atoms with E-state index in [1.807, 2.05) is 26.8 Å². The van der Waals surface area contributed by atoms with Gasteiger partial charge in [-0.25, -0.2) is 4.79 Å². The van der Waals surface area contributed by atoms with Gasteiger partial charge in [-0.1, -0.05) is 60.1 Å². The van der Waals surface area contributed by atoms with E-state index in [1.165, 1.54) is 5.57 Å². The molecule has 0 bridgehead atoms. The van der Waals surface area contributed by atoms with Crippen LogP contribution >= 0.6 is 15.9 Å². The van der Waals surface area contributed by atoms with E-state index >= 15 is 0 Å². The predicted octanol–water partition coefficient (Wildman–Crippen LogP) is 8.56. The molecule has 3 fully saturated rings. The van der Waals surface area contributed by atoms with Crippen molar-refractivity contribution in [2.24, 2.45) is 50.2 Å². The van der Waals surface area contributed by atoms with Crippen LogP contribution in [0, 0.1) is 50.2 Å². The van der Waals surface area contributed by atoms with Crippen molar-refractivity contribution in [2.75, 3.05) is 6.54 Å². The number of carbonyl (C=O) groups excluding carboxylic acids is 3. The van der Waals surface area contributed by atoms with Crippen LogP contribution in [0.4, 0.5) is 4.79 Å². The molecular weight excluding hydrogens is 578 g/mol. The Balaban J connectivity index is 1.57. The molecule has 3 saturated carbocycles. The molecule has 5 rings (SSSR count). The van der Waals surface area contributed by atoms with Gasteiger partial charge >= 0.3 is 6.09 Å². The summed E-state index contributed by atoms with van der Waals surface area (Å²) in [5.74, 6) is 0.686. The van der Waals surface area contributed by atoms with Gasteiger partial charge in [0.1, 0.15) is 5.60 Å². The van der Waals surface area contributed by atoms with Crippen molar-refractivity contribution in [3.8, 4) is 0 Å². The van der Waals surface area contributed by atoms with E-state index in [1.54, 1.807) is 0 Å². The molecule has 5 aliphatic carbocycles. The Hall–Kier alpha value is -1.43. The maximum Gasteiger partial charge on any atom is 0.407 e. The van der Waals surface area contributed by atoms with E-state index in [2.05, 4.69) is 75.8 Å². The number of hydrogen-bond donors (Lipinski definition) is 1. The SMILES string of the molecule is CC1(C)CC[C@]2(CNC(=O)OC(C)(C)C)CC[C@]3(C)[C@H](C(=O)C=C4[C@@]5(C)C=C(Br)C(=O)C(C)(C)C5CC[C@]43C)C2C1. The minimum Gasteiger partial charge on any atom is -0.444 e. The highest BCUT2D eigenvalue weighted by Crippen LogP contribution is 2.74. The van der Waals surface area contributed by atoms with Gasteiger partial charge in [-0.3, -0.25) is 9.59 Å². The van der Waals surface area contributed by atoms with E-state index < -0.39 is 11.0 Å². The van der Waals surface area contributed by atoms with Crippen molar-refractivity contribution in [3.05, 3.63) is 22.2 Å². The molecule has 0 aliphatic heterocycles. The number of halogens is 1. The highest BCUT2D eigenvalue weighted by molar-refractivity contribution is 9.12. The number of alkyl carbamates (subject to hydrolysis) is 1. The third-order valence-corrected chi connectivity index (χ3v) is 13.4. The highest BCUT2D eigenvalue weighted by atomic mass is 79.9. The Morgan fingerprint density at radius 3 is 2.27 bits per heavy atom. The first-order valence-electron chi connectivity index (χ1n) is 15.8. The Morgan fingerprint density at radius 1 is 1.00 bits per heavy atom. The molecule has 0 aromatic heterocycles. The third-order valence-electron chi connectivity index (χ3n) is 12.9. The second kappa shape index (κ2) is 9.29. The molecule has 7 atom stereocenters. The minimum absolute atomic E-state index is 0.0872. The second-order valence-electron chi connectivity index (χ2n) is 17.3. The van der Waals surface area contributed by atoms with Gasteiger partial charge in [-0.15, -0.1) is 0 Å². The zero-order valence-electron chi connectivity index (χ0n) is 27.1. The summed E-state index contributed by atoms with van der Waals surface area (Å²) in [5, 5.41) is 3.14. The van der Waals surface area contributed by atoms with Crippen molar-refractivity contribution in [1.82, 2.24) is 5.32 Å². The topological polar surface area (TPSA) is 72.5 Å². The Morgan fingerprint density at radius 2 is 1.63 bits per heavy atom. The summed E-state index contributed by atoms with van der Waals surface area (Å²) in [6.45, 7) is 22.2. The number of allylic oxidation sites excluding steroid dienone is 4. The molecule has 0 spiro atoms. The number of ketones is 2. The Kier molecular flexibility index (Phi) is 7.02. The molecule has 6 heteroatoms. The van der Waals surface area contributed by atoms with E-state index in [-0.39, 0.29) is 62.5 Å². The molecule has 0 radical (unpaired) electrons. The fraction of sp³-hybridized carbons (Fsp3) is 0.800. The first-order valence-corrected chi connectivity index (χ1v) is 16.6. The lowest BCUT2D eigenvalue weighted by Crippen LogP contribution is -2.65. The lowest BCUT2D eigenvalue weighted by Gasteiger charge is -2.69. The molecule has 0 heterocycles. The fourth-order valence-electron chi connectivity index (χ4n) is 10.5. The molecule has 1 amide bonds. The zero-order chi connectivity index (χ0) is 30.6. The summed E-state index contributed by atoms with van der Waals surface area (Å²) >= 11 is 3.62. The van der Waals surface area contributed by atoms with Crippen molar-refractivity contribution >= 4 is 33.6 Å². The average molecular weight is 631 g/mol. The molecule has 0 aromatic carbocycles. The lowest BCUT2D eigenvalue weighted by molar-refractivity contribution is -0.170. The number of Topliss-reactive ketones (excluding diaryl/α,β-unsaturated/α-hetero) is 1. The van der Waals surface area contributed by atoms with Gasteiger partial charge in [0.15, 0.2) is 11.6 Å². The summed E-state index contributed by atoms with van der Waals surface area (Å²) in [5.41, 5.74) is -0.472. The Bertz CT molecular complexity index is 1240. The molecule has 0 saturated heterocycles. The number of fused-ring (bicyclic) bond motifs is 7. The molecular formula is C35H52BrNO4. The van der Waals surface area contributed by atoms with Crippen molar-refractivity contribution in [3.63, 3.8) is 0 Å². The number of rotatable bonds is 2. The number of ether oxygens (including phenoxy) is 1. The second-order valence-corrected chi connectivity index (χ2v) is 18.2. The van der Waals surface area contributed by atoms with Crippen molar-refractivity contribution in [1.29, 1.82) is 0 Å². The van der Waals surface area contributed by atoms with Crippen LogP contribution < -0.4 is 5.32 Å². The van der Waals surface area contributed by atoms with E-state index in [4.69, 9.17) is 4.74 Å². The first kappa shape index (κ1) is 31.0. The summed E-state index contributed by atoms with van der Waals surface area (Å²) in [6, 6.07) is 0. The van der Waals surface area contributed by atoms with Crippen LogP contribution in [0.3, 0.4) is 0 Å². The first-order chi connectivity index (χ1) is 18.6. The predicted molar refractivity (Wildman–Crippen MR) is 166 cm³/mol. The van der Waals surface area contributed by atoms with Crippen LogP contribution in [0.5, 0.6) is 0 Å². The third kappa shape index (κ3) is 4.54. The van der Waals surface area contributed by atoms with Gasteiger partial charge in [-0.05, 0) is 121 Å². The smallest absolute Gasteiger partial charge is 0.407 e. The van der Waals surface area contributed by atoms with E-state index in [9.17, 15) is 14.4 Å². The zero-order valence-corrected chi connectivity index (χ0v) is 28.6. The standard InChI is InChI=1S/C35H52BrNO4/c1-29(2,3)41-28(40)37-20-35-15-13-30(4,5)18-21(35)26-23(38)17-25-32(8)19-22(36)27(39)31(6,7)24(32)11-12-33(25,9)34(26,10)14-16-35/h17,19,21,24,26H,11-16,18,20H2,1-10H3,(H,37,40)/t21?,24?,26-,32-,33+,34+,35+/m0/s1. The van der Waals surface area contributed by atoms with Gasteiger partial charge in [0.25, 0.3) is 0 Å². The van der Waals surface area contributed by atoms with Gasteiger partial charge in [-0.2, -0.15) is 0 Å². The van der Waals surface area contributed by atoms with Gasteiger partial charge in [0.2, 0.25) is 0 Å². The number of nitrogens with one attached hydrogen (secondary N) is 1.